The molecule has 8 heteroatoms. The fourth-order valence-corrected chi connectivity index (χ4v) is 4.83. The number of carbonyl (C=O) groups is 1. The molecule has 1 N–H and O–H groups in total. The standard InChI is InChI=1S/C25H36N2O5S/c1-7-27(8-2)33(29,30)21-15-16-23(31-6)22(18-21)26-24(28)10-9-17-32-20-13-11-19(12-14-20)25(3,4)5/h11-16,18H,7-10,17H2,1-6H3,(H,26,28). The van der Waals surface area contributed by atoms with Gasteiger partial charge in [0.2, 0.25) is 15.9 Å². The maximum Gasteiger partial charge on any atom is 0.243 e. The van der Waals surface area contributed by atoms with Crippen LogP contribution in [0.25, 0.3) is 0 Å². The largest absolute Gasteiger partial charge is 0.495 e. The minimum Gasteiger partial charge on any atom is -0.495 e. The van der Waals surface area contributed by atoms with Crippen molar-refractivity contribution in [2.75, 3.05) is 32.1 Å². The second-order valence-corrected chi connectivity index (χ2v) is 10.7. The zero-order valence-electron chi connectivity index (χ0n) is 20.5. The van der Waals surface area contributed by atoms with Gasteiger partial charge >= 0.3 is 0 Å². The number of hydrogen-bond acceptors (Lipinski definition) is 5. The van der Waals surface area contributed by atoms with Crippen LogP contribution >= 0.6 is 0 Å². The molecule has 2 aromatic carbocycles. The first-order chi connectivity index (χ1) is 15.5. The highest BCUT2D eigenvalue weighted by molar-refractivity contribution is 7.89. The highest BCUT2D eigenvalue weighted by Crippen LogP contribution is 2.29. The second kappa shape index (κ2) is 11.5. The summed E-state index contributed by atoms with van der Waals surface area (Å²) >= 11 is 0. The smallest absolute Gasteiger partial charge is 0.243 e. The Morgan fingerprint density at radius 2 is 1.67 bits per heavy atom. The molecular formula is C25H36N2O5S. The Labute approximate surface area is 198 Å². The van der Waals surface area contributed by atoms with Crippen molar-refractivity contribution in [3.05, 3.63) is 48.0 Å². The highest BCUT2D eigenvalue weighted by atomic mass is 32.2. The first-order valence-corrected chi connectivity index (χ1v) is 12.7. The lowest BCUT2D eigenvalue weighted by atomic mass is 9.87. The lowest BCUT2D eigenvalue weighted by Gasteiger charge is -2.19. The van der Waals surface area contributed by atoms with Crippen LogP contribution < -0.4 is 14.8 Å². The fourth-order valence-electron chi connectivity index (χ4n) is 3.34. The van der Waals surface area contributed by atoms with E-state index in [9.17, 15) is 13.2 Å². The molecule has 0 saturated heterocycles. The van der Waals surface area contributed by atoms with E-state index in [0.29, 0.717) is 37.6 Å². The minimum atomic E-state index is -3.64. The number of ether oxygens (including phenoxy) is 2. The summed E-state index contributed by atoms with van der Waals surface area (Å²) in [6.07, 6.45) is 0.753. The van der Waals surface area contributed by atoms with Crippen LogP contribution in [0.3, 0.4) is 0 Å². The summed E-state index contributed by atoms with van der Waals surface area (Å²) in [4.78, 5) is 12.6. The summed E-state index contributed by atoms with van der Waals surface area (Å²) in [5.41, 5.74) is 1.64. The average molecular weight is 477 g/mol. The Hall–Kier alpha value is -2.58. The zero-order chi connectivity index (χ0) is 24.6. The van der Waals surface area contributed by atoms with E-state index in [2.05, 4.69) is 26.1 Å². The van der Waals surface area contributed by atoms with Gasteiger partial charge in [0.15, 0.2) is 0 Å². The van der Waals surface area contributed by atoms with Gasteiger partial charge < -0.3 is 14.8 Å². The molecule has 33 heavy (non-hydrogen) atoms. The van der Waals surface area contributed by atoms with Crippen LogP contribution in [0.15, 0.2) is 47.4 Å². The van der Waals surface area contributed by atoms with E-state index < -0.39 is 10.0 Å². The molecule has 0 aromatic heterocycles. The third-order valence-electron chi connectivity index (χ3n) is 5.33. The number of methoxy groups -OCH3 is 1. The van der Waals surface area contributed by atoms with Crippen molar-refractivity contribution >= 4 is 21.6 Å². The van der Waals surface area contributed by atoms with Crippen LogP contribution in [0.4, 0.5) is 5.69 Å². The first-order valence-electron chi connectivity index (χ1n) is 11.2. The lowest BCUT2D eigenvalue weighted by molar-refractivity contribution is -0.116. The maximum atomic E-state index is 12.8. The molecule has 7 nitrogen and oxygen atoms in total. The van der Waals surface area contributed by atoms with Gasteiger partial charge in [-0.15, -0.1) is 0 Å². The molecule has 0 spiro atoms. The molecule has 0 unspecified atom stereocenters. The molecule has 182 valence electrons. The predicted molar refractivity (Wildman–Crippen MR) is 132 cm³/mol. The Kier molecular flexibility index (Phi) is 9.31. The van der Waals surface area contributed by atoms with Crippen molar-refractivity contribution in [3.63, 3.8) is 0 Å². The van der Waals surface area contributed by atoms with Crippen molar-refractivity contribution in [3.8, 4) is 11.5 Å². The Morgan fingerprint density at radius 3 is 2.21 bits per heavy atom. The number of rotatable bonds is 11. The molecular weight excluding hydrogens is 440 g/mol. The molecule has 0 saturated carbocycles. The number of nitrogens with one attached hydrogen (secondary N) is 1. The topological polar surface area (TPSA) is 84.9 Å². The quantitative estimate of drug-likeness (QED) is 0.470. The van der Waals surface area contributed by atoms with Gasteiger partial charge in [-0.1, -0.05) is 46.8 Å². The summed E-state index contributed by atoms with van der Waals surface area (Å²) in [5, 5.41) is 2.77. The van der Waals surface area contributed by atoms with Gasteiger partial charge in [0, 0.05) is 19.5 Å². The van der Waals surface area contributed by atoms with Gasteiger partial charge in [0.1, 0.15) is 11.5 Å². The summed E-state index contributed by atoms with van der Waals surface area (Å²) < 4.78 is 38.0. The average Bonchev–Trinajstić information content (AvgIpc) is 2.77. The molecule has 0 aliphatic heterocycles. The molecule has 0 atom stereocenters. The summed E-state index contributed by atoms with van der Waals surface area (Å²) in [6.45, 7) is 11.2. The normalized spacial score (nSPS) is 12.0. The molecule has 1 amide bonds. The highest BCUT2D eigenvalue weighted by Gasteiger charge is 2.23. The molecule has 0 aliphatic carbocycles. The van der Waals surface area contributed by atoms with Crippen LogP contribution in [0.2, 0.25) is 0 Å². The van der Waals surface area contributed by atoms with E-state index in [0.717, 1.165) is 5.75 Å². The third-order valence-corrected chi connectivity index (χ3v) is 7.37. The fraction of sp³-hybridized carbons (Fsp3) is 0.480. The van der Waals surface area contributed by atoms with Crippen molar-refractivity contribution < 1.29 is 22.7 Å². The molecule has 0 bridgehead atoms. The van der Waals surface area contributed by atoms with Crippen LogP contribution in [-0.2, 0) is 20.2 Å². The number of nitrogens with zero attached hydrogens (tertiary/aromatic N) is 1. The monoisotopic (exact) mass is 476 g/mol. The number of amides is 1. The van der Waals surface area contributed by atoms with E-state index >= 15 is 0 Å². The van der Waals surface area contributed by atoms with Gasteiger partial charge in [-0.2, -0.15) is 4.31 Å². The van der Waals surface area contributed by atoms with Crippen molar-refractivity contribution in [1.82, 2.24) is 4.31 Å². The number of hydrogen-bond donors (Lipinski definition) is 1. The first kappa shape index (κ1) is 26.7. The maximum absolute atomic E-state index is 12.8. The molecule has 2 aromatic rings. The number of carbonyl (C=O) groups excluding carboxylic acids is 1. The van der Waals surface area contributed by atoms with Gasteiger partial charge in [-0.3, -0.25) is 4.79 Å². The van der Waals surface area contributed by atoms with Gasteiger partial charge in [0.05, 0.1) is 24.3 Å². The lowest BCUT2D eigenvalue weighted by Crippen LogP contribution is -2.30. The molecule has 0 fully saturated rings. The Balaban J connectivity index is 1.96. The number of anilines is 1. The molecule has 0 heterocycles. The summed E-state index contributed by atoms with van der Waals surface area (Å²) in [6, 6.07) is 12.5. The molecule has 0 radical (unpaired) electrons. The van der Waals surface area contributed by atoms with Crippen molar-refractivity contribution in [1.29, 1.82) is 0 Å². The van der Waals surface area contributed by atoms with E-state index in [-0.39, 0.29) is 22.6 Å². The van der Waals surface area contributed by atoms with Gasteiger partial charge in [-0.05, 0) is 47.7 Å². The van der Waals surface area contributed by atoms with Crippen LogP contribution in [0.1, 0.15) is 53.0 Å². The predicted octanol–water partition coefficient (Wildman–Crippen LogP) is 4.82. The number of sulfonamides is 1. The van der Waals surface area contributed by atoms with Gasteiger partial charge in [0.25, 0.3) is 0 Å². The van der Waals surface area contributed by atoms with E-state index in [1.807, 2.05) is 24.3 Å². The second-order valence-electron chi connectivity index (χ2n) is 8.73. The third kappa shape index (κ3) is 7.20. The van der Waals surface area contributed by atoms with Crippen LogP contribution in [-0.4, -0.2) is 45.4 Å². The van der Waals surface area contributed by atoms with Crippen molar-refractivity contribution in [2.24, 2.45) is 0 Å². The summed E-state index contributed by atoms with van der Waals surface area (Å²) in [5.74, 6) is 0.925. The Morgan fingerprint density at radius 1 is 1.03 bits per heavy atom. The Bertz CT molecular complexity index is 1020. The summed E-state index contributed by atoms with van der Waals surface area (Å²) in [7, 11) is -2.17. The van der Waals surface area contributed by atoms with E-state index in [1.165, 1.54) is 29.1 Å². The molecule has 2 rings (SSSR count). The van der Waals surface area contributed by atoms with Gasteiger partial charge in [-0.25, -0.2) is 8.42 Å². The minimum absolute atomic E-state index is 0.0830. The zero-order valence-corrected chi connectivity index (χ0v) is 21.3. The van der Waals surface area contributed by atoms with E-state index in [1.54, 1.807) is 19.9 Å². The van der Waals surface area contributed by atoms with Crippen LogP contribution in [0.5, 0.6) is 11.5 Å². The number of benzene rings is 2. The van der Waals surface area contributed by atoms with Crippen LogP contribution in [0, 0.1) is 0 Å². The molecule has 0 aliphatic rings. The van der Waals surface area contributed by atoms with Crippen molar-refractivity contribution in [2.45, 2.75) is 57.8 Å². The van der Waals surface area contributed by atoms with E-state index in [4.69, 9.17) is 9.47 Å². The SMILES string of the molecule is CCN(CC)S(=O)(=O)c1ccc(OC)c(NC(=O)CCCOc2ccc(C(C)(C)C)cc2)c1.